The third-order valence-electron chi connectivity index (χ3n) is 4.29. The Bertz CT molecular complexity index is 437. The summed E-state index contributed by atoms with van der Waals surface area (Å²) >= 11 is -1.73. The van der Waals surface area contributed by atoms with Gasteiger partial charge in [0.05, 0.1) is 0 Å². The summed E-state index contributed by atoms with van der Waals surface area (Å²) < 4.78 is 12.8. The molecule has 0 amide bonds. The predicted octanol–water partition coefficient (Wildman–Crippen LogP) is 4.86. The van der Waals surface area contributed by atoms with Gasteiger partial charge in [0.15, 0.2) is 0 Å². The summed E-state index contributed by atoms with van der Waals surface area (Å²) in [5.41, 5.74) is 4.22. The first-order valence-electron chi connectivity index (χ1n) is 7.92. The molecule has 0 N–H and O–H groups in total. The zero-order chi connectivity index (χ0) is 17.1. The summed E-state index contributed by atoms with van der Waals surface area (Å²) in [5, 5.41) is 7.57. The average molecular weight is 508 g/mol. The van der Waals surface area contributed by atoms with E-state index in [0.717, 1.165) is 0 Å². The van der Waals surface area contributed by atoms with E-state index in [0.29, 0.717) is 5.54 Å². The molecule has 22 heavy (non-hydrogen) atoms. The van der Waals surface area contributed by atoms with Crippen LogP contribution in [0.5, 0.6) is 0 Å². The maximum absolute atomic E-state index is 5.51. The Balaban J connectivity index is 3.19. The van der Waals surface area contributed by atoms with Crippen molar-refractivity contribution in [1.82, 2.24) is 0 Å². The van der Waals surface area contributed by atoms with Crippen molar-refractivity contribution >= 4 is 9.52 Å². The molecule has 4 heteroatoms. The summed E-state index contributed by atoms with van der Waals surface area (Å²) in [6, 6.07) is 0. The normalized spacial score (nSPS) is 19.5. The summed E-state index contributed by atoms with van der Waals surface area (Å²) in [6.45, 7) is 9.46. The number of ether oxygens (including phenoxy) is 2. The van der Waals surface area contributed by atoms with Crippen LogP contribution in [-0.4, -0.2) is 29.7 Å². The number of methoxy groups -OCH3 is 2. The van der Waals surface area contributed by atoms with Gasteiger partial charge in [-0.1, -0.05) is 0 Å². The van der Waals surface area contributed by atoms with Crippen molar-refractivity contribution in [2.75, 3.05) is 14.2 Å². The van der Waals surface area contributed by atoms with Crippen molar-refractivity contribution in [1.29, 1.82) is 0 Å². The second-order valence-electron chi connectivity index (χ2n) is 7.52. The average Bonchev–Trinajstić information content (AvgIpc) is 2.85. The molecule has 0 fully saturated rings. The van der Waals surface area contributed by atoms with Gasteiger partial charge in [-0.2, -0.15) is 0 Å². The molecule has 0 heterocycles. The minimum absolute atomic E-state index is 0.0340. The predicted molar refractivity (Wildman–Crippen MR) is 97.2 cm³/mol. The van der Waals surface area contributed by atoms with E-state index in [4.69, 9.17) is 9.47 Å². The van der Waals surface area contributed by atoms with Gasteiger partial charge >= 0.3 is 144 Å². The zero-order valence-corrected chi connectivity index (χ0v) is 19.7. The molecule has 1 unspecified atom stereocenters. The Morgan fingerprint density at radius 3 is 2.09 bits per heavy atom. The van der Waals surface area contributed by atoms with Gasteiger partial charge in [0, 0.05) is 0 Å². The van der Waals surface area contributed by atoms with Crippen molar-refractivity contribution in [2.24, 2.45) is 5.41 Å². The Kier molecular flexibility index (Phi) is 7.33. The van der Waals surface area contributed by atoms with Gasteiger partial charge in [0.2, 0.25) is 0 Å². The number of hydrogen-bond acceptors (Lipinski definition) is 2. The van der Waals surface area contributed by atoms with E-state index in [1.807, 2.05) is 0 Å². The van der Waals surface area contributed by atoms with Crippen LogP contribution in [0.4, 0.5) is 0 Å². The molecule has 1 rings (SSSR count). The molecule has 0 spiro atoms. The zero-order valence-electron chi connectivity index (χ0n) is 16.0. The molecule has 1 aliphatic rings. The number of rotatable bonds is 7. The van der Waals surface area contributed by atoms with Crippen molar-refractivity contribution in [3.05, 3.63) is 21.2 Å². The van der Waals surface area contributed by atoms with Gasteiger partial charge < -0.3 is 0 Å². The molecular formula is C18H36O2PtSi. The Morgan fingerprint density at radius 2 is 1.73 bits per heavy atom. The van der Waals surface area contributed by atoms with Gasteiger partial charge in [-0.3, -0.25) is 0 Å². The van der Waals surface area contributed by atoms with Crippen LogP contribution in [-0.2, 0) is 25.5 Å². The third-order valence-corrected chi connectivity index (χ3v) is 12.1. The molecule has 0 aromatic rings. The molecule has 0 saturated heterocycles. The molecule has 1 aliphatic carbocycles. The molecule has 0 saturated carbocycles. The molecule has 0 aromatic carbocycles. The molecule has 0 bridgehead atoms. The van der Waals surface area contributed by atoms with Crippen molar-refractivity contribution < 1.29 is 25.5 Å². The van der Waals surface area contributed by atoms with Crippen LogP contribution in [0.25, 0.3) is 0 Å². The summed E-state index contributed by atoms with van der Waals surface area (Å²) in [5.74, 6) is 0.0340. The molecule has 2 nitrogen and oxygen atoms in total. The molecule has 0 radical (unpaired) electrons. The topological polar surface area (TPSA) is 18.5 Å². The molecule has 1 atom stereocenters. The van der Waals surface area contributed by atoms with Crippen LogP contribution < -0.4 is 0 Å². The number of allylic oxidation sites excluding steroid dienone is 4. The first-order chi connectivity index (χ1) is 10.1. The summed E-state index contributed by atoms with van der Waals surface area (Å²) in [6.07, 6.45) is 4.93. The van der Waals surface area contributed by atoms with E-state index >= 15 is 0 Å². The second kappa shape index (κ2) is 7.92. The van der Waals surface area contributed by atoms with E-state index < -0.39 is 25.6 Å². The third kappa shape index (κ3) is 4.90. The number of hydrogen-bond donors (Lipinski definition) is 0. The molecule has 0 aliphatic heterocycles. The van der Waals surface area contributed by atoms with Crippen molar-refractivity contribution in [3.8, 4) is 0 Å². The van der Waals surface area contributed by atoms with Gasteiger partial charge in [-0.25, -0.2) is 0 Å². The fraction of sp³-hybridized carbons (Fsp3) is 0.778. The summed E-state index contributed by atoms with van der Waals surface area (Å²) in [4.78, 5) is 0. The van der Waals surface area contributed by atoms with Crippen molar-refractivity contribution in [2.45, 2.75) is 67.9 Å². The van der Waals surface area contributed by atoms with E-state index in [1.165, 1.54) is 12.8 Å². The SMILES string of the molecule is CCC([SiH2]C(OC)OC)C1=CC[C]([Pt]([CH3])([CH3])[CH3])=C1C(C)(C)C. The van der Waals surface area contributed by atoms with Crippen LogP contribution in [0.3, 0.4) is 0 Å². The van der Waals surface area contributed by atoms with Crippen LogP contribution in [0.1, 0.15) is 40.5 Å². The quantitative estimate of drug-likeness (QED) is 0.362. The van der Waals surface area contributed by atoms with Gasteiger partial charge in [0.1, 0.15) is 0 Å². The van der Waals surface area contributed by atoms with Gasteiger partial charge in [0.25, 0.3) is 0 Å². The Hall–Kier alpha value is 0.305. The van der Waals surface area contributed by atoms with Crippen LogP contribution in [0.2, 0.25) is 21.5 Å². The maximum atomic E-state index is 5.51. The summed E-state index contributed by atoms with van der Waals surface area (Å²) in [7, 11) is 3.07. The van der Waals surface area contributed by atoms with E-state index in [2.05, 4.69) is 49.7 Å². The Labute approximate surface area is 143 Å². The van der Waals surface area contributed by atoms with Crippen LogP contribution >= 0.6 is 0 Å². The van der Waals surface area contributed by atoms with Gasteiger partial charge in [-0.05, 0) is 0 Å². The van der Waals surface area contributed by atoms with Crippen LogP contribution in [0, 0.1) is 5.41 Å². The van der Waals surface area contributed by atoms with Gasteiger partial charge in [-0.15, -0.1) is 0 Å². The fourth-order valence-electron chi connectivity index (χ4n) is 3.20. The molecule has 0 aromatic heterocycles. The first-order valence-corrected chi connectivity index (χ1v) is 17.5. The monoisotopic (exact) mass is 507 g/mol. The van der Waals surface area contributed by atoms with Crippen molar-refractivity contribution in [3.63, 3.8) is 0 Å². The fourth-order valence-corrected chi connectivity index (χ4v) is 9.51. The van der Waals surface area contributed by atoms with E-state index in [9.17, 15) is 0 Å². The molecule has 134 valence electrons. The van der Waals surface area contributed by atoms with Crippen LogP contribution in [0.15, 0.2) is 21.2 Å². The Morgan fingerprint density at radius 1 is 1.18 bits per heavy atom. The molecular weight excluding hydrogens is 471 g/mol. The standard InChI is InChI=1S/C15H27O2Si.3CH3.Pt/c1-7-13(18-14(16-5)17-6)11-9-8-10-12(11)15(2,3)4;;;;/h9,13-14H,7-8,18H2,1-6H3;3*1H3;. The first kappa shape index (κ1) is 20.4. The second-order valence-corrected chi connectivity index (χ2v) is 21.2. The van der Waals surface area contributed by atoms with E-state index in [-0.39, 0.29) is 11.3 Å². The van der Waals surface area contributed by atoms with E-state index in [1.54, 1.807) is 29.3 Å². The minimum atomic E-state index is -1.73.